The maximum Gasteiger partial charge on any atom is 0.255 e. The number of phenols is 1. The Bertz CT molecular complexity index is 466. The Morgan fingerprint density at radius 1 is 1.20 bits per heavy atom. The van der Waals surface area contributed by atoms with Gasteiger partial charge in [0.2, 0.25) is 0 Å². The van der Waals surface area contributed by atoms with E-state index < -0.39 is 0 Å². The molecule has 0 bridgehead atoms. The van der Waals surface area contributed by atoms with Crippen molar-refractivity contribution in [3.8, 4) is 5.75 Å². The topological polar surface area (TPSA) is 49.3 Å². The van der Waals surface area contributed by atoms with Gasteiger partial charge in [0.25, 0.3) is 5.91 Å². The Labute approximate surface area is 121 Å². The second kappa shape index (κ2) is 8.97. The van der Waals surface area contributed by atoms with Gasteiger partial charge in [0.1, 0.15) is 5.75 Å². The van der Waals surface area contributed by atoms with Gasteiger partial charge in [0.15, 0.2) is 0 Å². The Kier molecular flexibility index (Phi) is 7.18. The molecule has 0 aliphatic carbocycles. The first kappa shape index (κ1) is 16.0. The fourth-order valence-corrected chi connectivity index (χ4v) is 2.06. The van der Waals surface area contributed by atoms with E-state index in [0.717, 1.165) is 31.2 Å². The Hall–Kier alpha value is -2.03. The number of allylic oxidation sites excluding steroid dienone is 2. The number of phenolic OH excluding ortho intramolecular Hbond substituents is 1. The molecule has 20 heavy (non-hydrogen) atoms. The summed E-state index contributed by atoms with van der Waals surface area (Å²) < 4.78 is 0. The third-order valence-electron chi connectivity index (χ3n) is 3.09. The Balaban J connectivity index is 2.54. The molecule has 1 rings (SSSR count). The number of nitrogens with one attached hydrogen (secondary N) is 1. The standard InChI is InChI=1S/C17H23NO2/c1-3-5-6-7-8-13-18-17(20)16-14(10-4-2)11-9-12-15(16)19/h3-4,9,11-12,19H,1-2,5-8,10,13H2,(H,18,20). The fourth-order valence-electron chi connectivity index (χ4n) is 2.06. The highest BCUT2D eigenvalue weighted by atomic mass is 16.3. The summed E-state index contributed by atoms with van der Waals surface area (Å²) in [6, 6.07) is 5.10. The summed E-state index contributed by atoms with van der Waals surface area (Å²) in [7, 11) is 0. The van der Waals surface area contributed by atoms with Crippen molar-refractivity contribution in [3.05, 3.63) is 54.6 Å². The van der Waals surface area contributed by atoms with Crippen LogP contribution >= 0.6 is 0 Å². The maximum atomic E-state index is 12.1. The smallest absolute Gasteiger partial charge is 0.255 e. The van der Waals surface area contributed by atoms with Gasteiger partial charge in [0.05, 0.1) is 5.56 Å². The summed E-state index contributed by atoms with van der Waals surface area (Å²) in [6.07, 6.45) is 8.30. The van der Waals surface area contributed by atoms with Crippen molar-refractivity contribution in [2.24, 2.45) is 0 Å². The van der Waals surface area contributed by atoms with E-state index in [4.69, 9.17) is 0 Å². The number of unbranched alkanes of at least 4 members (excludes halogenated alkanes) is 3. The third-order valence-corrected chi connectivity index (χ3v) is 3.09. The summed E-state index contributed by atoms with van der Waals surface area (Å²) >= 11 is 0. The number of rotatable bonds is 9. The zero-order valence-corrected chi connectivity index (χ0v) is 11.9. The van der Waals surface area contributed by atoms with Gasteiger partial charge in [-0.25, -0.2) is 0 Å². The first-order valence-electron chi connectivity index (χ1n) is 7.01. The number of hydrogen-bond donors (Lipinski definition) is 2. The number of carbonyl (C=O) groups is 1. The highest BCUT2D eigenvalue weighted by Crippen LogP contribution is 2.21. The highest BCUT2D eigenvalue weighted by Gasteiger charge is 2.14. The van der Waals surface area contributed by atoms with Gasteiger partial charge < -0.3 is 10.4 Å². The molecule has 3 heteroatoms. The first-order valence-corrected chi connectivity index (χ1v) is 7.01. The van der Waals surface area contributed by atoms with Gasteiger partial charge in [-0.3, -0.25) is 4.79 Å². The molecule has 0 unspecified atom stereocenters. The van der Waals surface area contributed by atoms with E-state index in [1.54, 1.807) is 12.1 Å². The lowest BCUT2D eigenvalue weighted by Crippen LogP contribution is -2.25. The number of benzene rings is 1. The molecule has 0 heterocycles. The average Bonchev–Trinajstić information content (AvgIpc) is 2.43. The molecule has 0 aliphatic rings. The maximum absolute atomic E-state index is 12.1. The van der Waals surface area contributed by atoms with Crippen LogP contribution in [-0.4, -0.2) is 17.6 Å². The van der Waals surface area contributed by atoms with Crippen LogP contribution in [0, 0.1) is 0 Å². The predicted molar refractivity (Wildman–Crippen MR) is 83.0 cm³/mol. The summed E-state index contributed by atoms with van der Waals surface area (Å²) in [5.41, 5.74) is 1.16. The van der Waals surface area contributed by atoms with Crippen molar-refractivity contribution in [1.29, 1.82) is 0 Å². The summed E-state index contributed by atoms with van der Waals surface area (Å²) in [5.74, 6) is -0.197. The summed E-state index contributed by atoms with van der Waals surface area (Å²) in [6.45, 7) is 7.97. The molecule has 0 atom stereocenters. The zero-order valence-electron chi connectivity index (χ0n) is 11.9. The van der Waals surface area contributed by atoms with E-state index in [-0.39, 0.29) is 11.7 Å². The molecular weight excluding hydrogens is 250 g/mol. The monoisotopic (exact) mass is 273 g/mol. The molecule has 1 amide bonds. The number of hydrogen-bond acceptors (Lipinski definition) is 2. The summed E-state index contributed by atoms with van der Waals surface area (Å²) in [4.78, 5) is 12.1. The van der Waals surface area contributed by atoms with Crippen LogP contribution in [0.1, 0.15) is 41.6 Å². The van der Waals surface area contributed by atoms with Crippen LogP contribution in [0.2, 0.25) is 0 Å². The minimum absolute atomic E-state index is 0.0218. The number of amides is 1. The van der Waals surface area contributed by atoms with E-state index in [1.807, 2.05) is 12.1 Å². The molecule has 0 saturated heterocycles. The first-order chi connectivity index (χ1) is 9.70. The van der Waals surface area contributed by atoms with E-state index in [1.165, 1.54) is 6.07 Å². The SMILES string of the molecule is C=CCCCCCNC(=O)c1c(O)cccc1CC=C. The molecule has 1 aromatic rings. The van der Waals surface area contributed by atoms with Crippen molar-refractivity contribution in [2.45, 2.75) is 32.1 Å². The highest BCUT2D eigenvalue weighted by molar-refractivity contribution is 5.98. The molecule has 1 aromatic carbocycles. The Morgan fingerprint density at radius 2 is 2.00 bits per heavy atom. The van der Waals surface area contributed by atoms with Crippen molar-refractivity contribution < 1.29 is 9.90 Å². The van der Waals surface area contributed by atoms with Crippen LogP contribution < -0.4 is 5.32 Å². The lowest BCUT2D eigenvalue weighted by molar-refractivity contribution is 0.0949. The largest absolute Gasteiger partial charge is 0.507 e. The molecule has 108 valence electrons. The summed E-state index contributed by atoms with van der Waals surface area (Å²) in [5, 5.41) is 12.7. The second-order valence-corrected chi connectivity index (χ2v) is 4.70. The lowest BCUT2D eigenvalue weighted by Gasteiger charge is -2.10. The zero-order chi connectivity index (χ0) is 14.8. The van der Waals surface area contributed by atoms with Crippen molar-refractivity contribution in [2.75, 3.05) is 6.54 Å². The van der Waals surface area contributed by atoms with E-state index in [2.05, 4.69) is 18.5 Å². The van der Waals surface area contributed by atoms with Gasteiger partial charge in [-0.15, -0.1) is 13.2 Å². The quantitative estimate of drug-likeness (QED) is 0.533. The number of carbonyl (C=O) groups excluding carboxylic acids is 1. The van der Waals surface area contributed by atoms with Crippen LogP contribution in [0.5, 0.6) is 5.75 Å². The van der Waals surface area contributed by atoms with Crippen molar-refractivity contribution in [3.63, 3.8) is 0 Å². The molecule has 0 saturated carbocycles. The van der Waals surface area contributed by atoms with Crippen molar-refractivity contribution in [1.82, 2.24) is 5.32 Å². The number of aromatic hydroxyl groups is 1. The minimum Gasteiger partial charge on any atom is -0.507 e. The van der Waals surface area contributed by atoms with Gasteiger partial charge in [-0.05, 0) is 37.3 Å². The molecule has 0 aromatic heterocycles. The van der Waals surface area contributed by atoms with Gasteiger partial charge >= 0.3 is 0 Å². The molecular formula is C17H23NO2. The van der Waals surface area contributed by atoms with Gasteiger partial charge in [-0.2, -0.15) is 0 Å². The molecule has 0 radical (unpaired) electrons. The minimum atomic E-state index is -0.219. The van der Waals surface area contributed by atoms with E-state index in [0.29, 0.717) is 18.5 Å². The van der Waals surface area contributed by atoms with E-state index >= 15 is 0 Å². The van der Waals surface area contributed by atoms with Gasteiger partial charge in [-0.1, -0.05) is 30.7 Å². The van der Waals surface area contributed by atoms with Crippen LogP contribution in [0.3, 0.4) is 0 Å². The second-order valence-electron chi connectivity index (χ2n) is 4.70. The van der Waals surface area contributed by atoms with Gasteiger partial charge in [0, 0.05) is 6.54 Å². The molecule has 2 N–H and O–H groups in total. The van der Waals surface area contributed by atoms with Crippen LogP contribution in [0.25, 0.3) is 0 Å². The van der Waals surface area contributed by atoms with Crippen LogP contribution in [0.15, 0.2) is 43.5 Å². The normalized spacial score (nSPS) is 10.0. The predicted octanol–water partition coefficient (Wildman–Crippen LogP) is 3.60. The van der Waals surface area contributed by atoms with Crippen molar-refractivity contribution >= 4 is 5.91 Å². The molecule has 0 fully saturated rings. The lowest BCUT2D eigenvalue weighted by atomic mass is 10.0. The van der Waals surface area contributed by atoms with Crippen LogP contribution in [0.4, 0.5) is 0 Å². The van der Waals surface area contributed by atoms with Crippen LogP contribution in [-0.2, 0) is 6.42 Å². The average molecular weight is 273 g/mol. The fraction of sp³-hybridized carbons (Fsp3) is 0.353. The third kappa shape index (κ3) is 4.92. The molecule has 0 aliphatic heterocycles. The molecule has 3 nitrogen and oxygen atoms in total. The Morgan fingerprint density at radius 3 is 2.70 bits per heavy atom. The van der Waals surface area contributed by atoms with E-state index in [9.17, 15) is 9.90 Å². The molecule has 0 spiro atoms.